The predicted molar refractivity (Wildman–Crippen MR) is 66.9 cm³/mol. The molecule has 0 aliphatic carbocycles. The third-order valence-corrected chi connectivity index (χ3v) is 3.03. The monoisotopic (exact) mass is 243 g/mol. The number of carbonyl (C=O) groups excluding carboxylic acids is 1. The normalized spacial score (nSPS) is 29.0. The fourth-order valence-corrected chi connectivity index (χ4v) is 2.43. The number of hydrogen-bond donors (Lipinski definition) is 1. The average molecular weight is 243 g/mol. The number of carbonyl (C=O) groups is 1. The highest BCUT2D eigenvalue weighted by Crippen LogP contribution is 2.34. The van der Waals surface area contributed by atoms with Crippen LogP contribution in [0.3, 0.4) is 0 Å². The molecule has 0 aromatic rings. The summed E-state index contributed by atoms with van der Waals surface area (Å²) in [4.78, 5) is 13.8. The van der Waals surface area contributed by atoms with Gasteiger partial charge < -0.3 is 14.7 Å². The molecular weight excluding hydrogens is 218 g/mol. The van der Waals surface area contributed by atoms with Crippen LogP contribution in [0.4, 0.5) is 4.79 Å². The lowest BCUT2D eigenvalue weighted by molar-refractivity contribution is -0.0694. The van der Waals surface area contributed by atoms with Crippen LogP contribution in [0.15, 0.2) is 0 Å². The van der Waals surface area contributed by atoms with E-state index in [0.29, 0.717) is 19.4 Å². The van der Waals surface area contributed by atoms with Crippen molar-refractivity contribution in [3.05, 3.63) is 0 Å². The Labute approximate surface area is 104 Å². The van der Waals surface area contributed by atoms with E-state index in [0.717, 1.165) is 0 Å². The van der Waals surface area contributed by atoms with Gasteiger partial charge in [0.25, 0.3) is 0 Å². The van der Waals surface area contributed by atoms with Crippen molar-refractivity contribution in [2.45, 2.75) is 71.1 Å². The van der Waals surface area contributed by atoms with Crippen molar-refractivity contribution in [3.8, 4) is 0 Å². The summed E-state index contributed by atoms with van der Waals surface area (Å²) < 4.78 is 5.39. The van der Waals surface area contributed by atoms with E-state index in [1.807, 2.05) is 41.5 Å². The molecule has 17 heavy (non-hydrogen) atoms. The largest absolute Gasteiger partial charge is 0.444 e. The van der Waals surface area contributed by atoms with E-state index >= 15 is 0 Å². The Morgan fingerprint density at radius 2 is 1.82 bits per heavy atom. The molecule has 1 aliphatic heterocycles. The molecule has 0 bridgehead atoms. The Kier molecular flexibility index (Phi) is 3.50. The van der Waals surface area contributed by atoms with E-state index < -0.39 is 11.2 Å². The second-order valence-corrected chi connectivity index (χ2v) is 6.87. The molecule has 1 heterocycles. The number of amides is 1. The minimum atomic E-state index is -0.692. The lowest BCUT2D eigenvalue weighted by atomic mass is 9.81. The van der Waals surface area contributed by atoms with Gasteiger partial charge in [0, 0.05) is 12.1 Å². The van der Waals surface area contributed by atoms with Gasteiger partial charge >= 0.3 is 6.09 Å². The summed E-state index contributed by atoms with van der Waals surface area (Å²) in [6.45, 7) is 11.9. The highest BCUT2D eigenvalue weighted by atomic mass is 16.6. The van der Waals surface area contributed by atoms with Gasteiger partial charge in [-0.05, 0) is 54.4 Å². The topological polar surface area (TPSA) is 49.8 Å². The number of nitrogens with zero attached hydrogens (tertiary/aromatic N) is 1. The molecule has 1 unspecified atom stereocenters. The van der Waals surface area contributed by atoms with Crippen LogP contribution in [0.2, 0.25) is 0 Å². The van der Waals surface area contributed by atoms with Crippen molar-refractivity contribution in [1.82, 2.24) is 4.90 Å². The molecule has 1 rings (SSSR count). The van der Waals surface area contributed by atoms with Crippen LogP contribution < -0.4 is 0 Å². The molecule has 1 N–H and O–H groups in total. The van der Waals surface area contributed by atoms with Gasteiger partial charge in [-0.25, -0.2) is 4.79 Å². The molecule has 0 aromatic carbocycles. The van der Waals surface area contributed by atoms with Gasteiger partial charge in [0.05, 0.1) is 5.60 Å². The summed E-state index contributed by atoms with van der Waals surface area (Å²) in [5, 5.41) is 10.1. The summed E-state index contributed by atoms with van der Waals surface area (Å²) in [6, 6.07) is 0. The maximum atomic E-state index is 12.1. The summed E-state index contributed by atoms with van der Waals surface area (Å²) in [6.07, 6.45) is 0.868. The molecule has 4 heteroatoms. The number of ether oxygens (including phenoxy) is 1. The van der Waals surface area contributed by atoms with Gasteiger partial charge in [-0.2, -0.15) is 0 Å². The van der Waals surface area contributed by atoms with Crippen LogP contribution in [-0.4, -0.2) is 39.4 Å². The first-order valence-corrected chi connectivity index (χ1v) is 6.16. The zero-order valence-electron chi connectivity index (χ0n) is 11.8. The van der Waals surface area contributed by atoms with E-state index in [9.17, 15) is 9.90 Å². The summed E-state index contributed by atoms with van der Waals surface area (Å²) >= 11 is 0. The summed E-state index contributed by atoms with van der Waals surface area (Å²) in [7, 11) is 0. The first-order valence-electron chi connectivity index (χ1n) is 6.16. The van der Waals surface area contributed by atoms with Crippen LogP contribution in [0.1, 0.15) is 54.4 Å². The van der Waals surface area contributed by atoms with Crippen LogP contribution in [0, 0.1) is 0 Å². The lowest BCUT2D eigenvalue weighted by Gasteiger charge is -2.47. The maximum Gasteiger partial charge on any atom is 0.410 e. The average Bonchev–Trinajstić information content (AvgIpc) is 1.94. The molecule has 0 radical (unpaired) electrons. The van der Waals surface area contributed by atoms with Gasteiger partial charge in [0.15, 0.2) is 0 Å². The number of rotatable bonds is 0. The van der Waals surface area contributed by atoms with Gasteiger partial charge in [-0.3, -0.25) is 0 Å². The Hall–Kier alpha value is -0.770. The second kappa shape index (κ2) is 4.16. The van der Waals surface area contributed by atoms with Gasteiger partial charge in [0.2, 0.25) is 0 Å². The predicted octanol–water partition coefficient (Wildman–Crippen LogP) is 2.55. The van der Waals surface area contributed by atoms with Crippen LogP contribution in [0.25, 0.3) is 0 Å². The molecule has 0 saturated carbocycles. The highest BCUT2D eigenvalue weighted by molar-refractivity contribution is 5.69. The zero-order valence-corrected chi connectivity index (χ0v) is 11.8. The zero-order chi connectivity index (χ0) is 13.5. The first kappa shape index (κ1) is 14.3. The van der Waals surface area contributed by atoms with Gasteiger partial charge in [-0.1, -0.05) is 0 Å². The van der Waals surface area contributed by atoms with E-state index in [1.165, 1.54) is 0 Å². The number of piperidine rings is 1. The molecule has 0 aromatic heterocycles. The SMILES string of the molecule is CC1(O)CCN(C(=O)OC(C)(C)C)C(C)(C)C1. The quantitative estimate of drug-likeness (QED) is 0.711. The van der Waals surface area contributed by atoms with Crippen molar-refractivity contribution < 1.29 is 14.6 Å². The Morgan fingerprint density at radius 3 is 2.24 bits per heavy atom. The second-order valence-electron chi connectivity index (χ2n) is 6.87. The maximum absolute atomic E-state index is 12.1. The highest BCUT2D eigenvalue weighted by Gasteiger charge is 2.43. The molecule has 0 spiro atoms. The molecule has 100 valence electrons. The van der Waals surface area contributed by atoms with E-state index in [1.54, 1.807) is 4.90 Å². The minimum absolute atomic E-state index is 0.294. The molecule has 1 fully saturated rings. The Morgan fingerprint density at radius 1 is 1.29 bits per heavy atom. The Bertz CT molecular complexity index is 302. The van der Waals surface area contributed by atoms with Crippen molar-refractivity contribution in [2.24, 2.45) is 0 Å². The number of aliphatic hydroxyl groups is 1. The van der Waals surface area contributed by atoms with Gasteiger partial charge in [0.1, 0.15) is 5.60 Å². The molecule has 1 atom stereocenters. The number of likely N-dealkylation sites (tertiary alicyclic amines) is 1. The van der Waals surface area contributed by atoms with Crippen LogP contribution >= 0.6 is 0 Å². The fourth-order valence-electron chi connectivity index (χ4n) is 2.43. The lowest BCUT2D eigenvalue weighted by Crippen LogP contribution is -2.58. The summed E-state index contributed by atoms with van der Waals surface area (Å²) in [5.41, 5.74) is -1.54. The van der Waals surface area contributed by atoms with Crippen molar-refractivity contribution in [2.75, 3.05) is 6.54 Å². The Balaban J connectivity index is 2.76. The van der Waals surface area contributed by atoms with Crippen molar-refractivity contribution >= 4 is 6.09 Å². The molecule has 1 saturated heterocycles. The molecule has 1 aliphatic rings. The van der Waals surface area contributed by atoms with Crippen molar-refractivity contribution in [1.29, 1.82) is 0 Å². The van der Waals surface area contributed by atoms with Gasteiger partial charge in [-0.15, -0.1) is 0 Å². The molecule has 4 nitrogen and oxygen atoms in total. The minimum Gasteiger partial charge on any atom is -0.444 e. The molecule has 1 amide bonds. The molecular formula is C13H25NO3. The van der Waals surface area contributed by atoms with E-state index in [4.69, 9.17) is 4.74 Å². The van der Waals surface area contributed by atoms with Crippen LogP contribution in [0.5, 0.6) is 0 Å². The standard InChI is InChI=1S/C13H25NO3/c1-11(2,3)17-10(15)14-8-7-13(6,16)9-12(14,4)5/h16H,7-9H2,1-6H3. The fraction of sp³-hybridized carbons (Fsp3) is 0.923. The van der Waals surface area contributed by atoms with Crippen LogP contribution in [-0.2, 0) is 4.74 Å². The van der Waals surface area contributed by atoms with E-state index in [-0.39, 0.29) is 11.6 Å². The van der Waals surface area contributed by atoms with E-state index in [2.05, 4.69) is 0 Å². The number of hydrogen-bond acceptors (Lipinski definition) is 3. The van der Waals surface area contributed by atoms with Crippen molar-refractivity contribution in [3.63, 3.8) is 0 Å². The third-order valence-electron chi connectivity index (χ3n) is 3.03. The summed E-state index contributed by atoms with van der Waals surface area (Å²) in [5.74, 6) is 0. The third kappa shape index (κ3) is 3.87. The first-order chi connectivity index (χ1) is 7.43. The smallest absolute Gasteiger partial charge is 0.410 e.